The number of hydrogen-bond donors (Lipinski definition) is 2. The molecule has 0 aliphatic heterocycles. The standard InChI is InChI=1S/C11H17BrN2O3S/c1-8(13)5-6-14-18(15,16)9-3-4-11(17-2)10(12)7-9/h3-4,7-8,14H,5-6,13H2,1-2H3. The van der Waals surface area contributed by atoms with Crippen LogP contribution in [0.1, 0.15) is 13.3 Å². The van der Waals surface area contributed by atoms with Gasteiger partial charge in [-0.2, -0.15) is 0 Å². The van der Waals surface area contributed by atoms with Gasteiger partial charge in [0.25, 0.3) is 0 Å². The van der Waals surface area contributed by atoms with Crippen molar-refractivity contribution in [2.75, 3.05) is 13.7 Å². The first-order valence-corrected chi connectivity index (χ1v) is 7.73. The van der Waals surface area contributed by atoms with Crippen molar-refractivity contribution in [2.45, 2.75) is 24.3 Å². The monoisotopic (exact) mass is 336 g/mol. The van der Waals surface area contributed by atoms with Crippen molar-refractivity contribution in [2.24, 2.45) is 5.73 Å². The van der Waals surface area contributed by atoms with Crippen molar-refractivity contribution in [1.29, 1.82) is 0 Å². The van der Waals surface area contributed by atoms with Gasteiger partial charge >= 0.3 is 0 Å². The average molecular weight is 337 g/mol. The molecule has 0 saturated heterocycles. The zero-order valence-corrected chi connectivity index (χ0v) is 12.7. The normalized spacial score (nSPS) is 13.3. The Bertz CT molecular complexity index is 503. The number of hydrogen-bond acceptors (Lipinski definition) is 4. The first-order chi connectivity index (χ1) is 8.36. The van der Waals surface area contributed by atoms with Crippen molar-refractivity contribution >= 4 is 26.0 Å². The van der Waals surface area contributed by atoms with Gasteiger partial charge in [-0.25, -0.2) is 13.1 Å². The highest BCUT2D eigenvalue weighted by Gasteiger charge is 2.15. The van der Waals surface area contributed by atoms with Crippen LogP contribution in [-0.2, 0) is 10.0 Å². The molecule has 7 heteroatoms. The van der Waals surface area contributed by atoms with Crippen molar-refractivity contribution in [3.8, 4) is 5.75 Å². The Balaban J connectivity index is 2.82. The Labute approximate surface area is 116 Å². The van der Waals surface area contributed by atoms with Crippen LogP contribution in [0.3, 0.4) is 0 Å². The maximum atomic E-state index is 12.0. The number of nitrogens with one attached hydrogen (secondary N) is 1. The summed E-state index contributed by atoms with van der Waals surface area (Å²) in [5.41, 5.74) is 5.56. The number of benzene rings is 1. The van der Waals surface area contributed by atoms with Crippen LogP contribution in [0.5, 0.6) is 5.75 Å². The third kappa shape index (κ3) is 4.24. The molecule has 0 aliphatic rings. The lowest BCUT2D eigenvalue weighted by atomic mass is 10.3. The molecule has 0 saturated carbocycles. The summed E-state index contributed by atoms with van der Waals surface area (Å²) < 4.78 is 32.0. The minimum Gasteiger partial charge on any atom is -0.496 e. The summed E-state index contributed by atoms with van der Waals surface area (Å²) in [5.74, 6) is 0.588. The molecule has 0 radical (unpaired) electrons. The summed E-state index contributed by atoms with van der Waals surface area (Å²) in [6.07, 6.45) is 0.594. The van der Waals surface area contributed by atoms with Crippen molar-refractivity contribution in [3.05, 3.63) is 22.7 Å². The van der Waals surface area contributed by atoms with Crippen LogP contribution in [0, 0.1) is 0 Å². The summed E-state index contributed by atoms with van der Waals surface area (Å²) in [6.45, 7) is 2.15. The molecule has 0 heterocycles. The Morgan fingerprint density at radius 1 is 1.50 bits per heavy atom. The Morgan fingerprint density at radius 2 is 2.17 bits per heavy atom. The van der Waals surface area contributed by atoms with Gasteiger partial charge in [0.1, 0.15) is 5.75 Å². The summed E-state index contributed by atoms with van der Waals surface area (Å²) in [6, 6.07) is 4.57. The van der Waals surface area contributed by atoms with E-state index < -0.39 is 10.0 Å². The number of halogens is 1. The number of rotatable bonds is 6. The largest absolute Gasteiger partial charge is 0.496 e. The van der Waals surface area contributed by atoms with Gasteiger partial charge in [0.05, 0.1) is 16.5 Å². The Hall–Kier alpha value is -0.630. The molecule has 5 nitrogen and oxygen atoms in total. The van der Waals surface area contributed by atoms with Crippen LogP contribution < -0.4 is 15.2 Å². The van der Waals surface area contributed by atoms with Crippen molar-refractivity contribution in [3.63, 3.8) is 0 Å². The first-order valence-electron chi connectivity index (χ1n) is 5.45. The van der Waals surface area contributed by atoms with Gasteiger partial charge in [-0.3, -0.25) is 0 Å². The molecule has 1 atom stereocenters. The number of methoxy groups -OCH3 is 1. The molecule has 102 valence electrons. The molecule has 18 heavy (non-hydrogen) atoms. The summed E-state index contributed by atoms with van der Waals surface area (Å²) in [4.78, 5) is 0.194. The Kier molecular flexibility index (Phi) is 5.58. The molecule has 0 bridgehead atoms. The molecule has 1 aromatic carbocycles. The minimum atomic E-state index is -3.49. The summed E-state index contributed by atoms with van der Waals surface area (Å²) in [5, 5.41) is 0. The van der Waals surface area contributed by atoms with Crippen molar-refractivity contribution in [1.82, 2.24) is 4.72 Å². The highest BCUT2D eigenvalue weighted by atomic mass is 79.9. The summed E-state index contributed by atoms with van der Waals surface area (Å²) >= 11 is 3.25. The van der Waals surface area contributed by atoms with E-state index in [1.165, 1.54) is 19.2 Å². The van der Waals surface area contributed by atoms with E-state index in [0.29, 0.717) is 23.2 Å². The SMILES string of the molecule is COc1ccc(S(=O)(=O)NCCC(C)N)cc1Br. The number of sulfonamides is 1. The van der Waals surface area contributed by atoms with Gasteiger partial charge < -0.3 is 10.5 Å². The zero-order chi connectivity index (χ0) is 13.8. The van der Waals surface area contributed by atoms with Gasteiger partial charge in [-0.15, -0.1) is 0 Å². The first kappa shape index (κ1) is 15.4. The van der Waals surface area contributed by atoms with E-state index in [0.717, 1.165) is 0 Å². The molecule has 1 unspecified atom stereocenters. The fourth-order valence-electron chi connectivity index (χ4n) is 1.32. The molecule has 3 N–H and O–H groups in total. The highest BCUT2D eigenvalue weighted by Crippen LogP contribution is 2.27. The molecule has 1 rings (SSSR count). The van der Waals surface area contributed by atoms with E-state index in [9.17, 15) is 8.42 Å². The van der Waals surface area contributed by atoms with E-state index >= 15 is 0 Å². The Morgan fingerprint density at radius 3 is 2.67 bits per heavy atom. The number of ether oxygens (including phenoxy) is 1. The quantitative estimate of drug-likeness (QED) is 0.824. The van der Waals surface area contributed by atoms with Gasteiger partial charge in [0, 0.05) is 12.6 Å². The maximum absolute atomic E-state index is 12.0. The van der Waals surface area contributed by atoms with E-state index in [1.54, 1.807) is 6.07 Å². The van der Waals surface area contributed by atoms with Crippen LogP contribution in [-0.4, -0.2) is 28.1 Å². The van der Waals surface area contributed by atoms with Crippen LogP contribution in [0.2, 0.25) is 0 Å². The van der Waals surface area contributed by atoms with Crippen molar-refractivity contribution < 1.29 is 13.2 Å². The predicted octanol–water partition coefficient (Wildman–Crippen LogP) is 1.47. The van der Waals surface area contributed by atoms with Gasteiger partial charge in [0.2, 0.25) is 10.0 Å². The lowest BCUT2D eigenvalue weighted by Crippen LogP contribution is -2.29. The number of nitrogens with two attached hydrogens (primary N) is 1. The third-order valence-electron chi connectivity index (χ3n) is 2.33. The average Bonchev–Trinajstić information content (AvgIpc) is 2.28. The lowest BCUT2D eigenvalue weighted by molar-refractivity contribution is 0.411. The fraction of sp³-hybridized carbons (Fsp3) is 0.455. The zero-order valence-electron chi connectivity index (χ0n) is 10.3. The molecule has 0 amide bonds. The molecular formula is C11H17BrN2O3S. The smallest absolute Gasteiger partial charge is 0.240 e. The molecular weight excluding hydrogens is 320 g/mol. The van der Waals surface area contributed by atoms with E-state index in [4.69, 9.17) is 10.5 Å². The second kappa shape index (κ2) is 6.51. The van der Waals surface area contributed by atoms with E-state index in [-0.39, 0.29) is 10.9 Å². The maximum Gasteiger partial charge on any atom is 0.240 e. The molecule has 0 aliphatic carbocycles. The van der Waals surface area contributed by atoms with Crippen LogP contribution in [0.4, 0.5) is 0 Å². The fourth-order valence-corrected chi connectivity index (χ4v) is 3.08. The lowest BCUT2D eigenvalue weighted by Gasteiger charge is -2.10. The van der Waals surface area contributed by atoms with E-state index in [2.05, 4.69) is 20.7 Å². The second-order valence-corrected chi connectivity index (χ2v) is 6.58. The molecule has 0 spiro atoms. The topological polar surface area (TPSA) is 81.4 Å². The highest BCUT2D eigenvalue weighted by molar-refractivity contribution is 9.10. The molecule has 0 aromatic heterocycles. The minimum absolute atomic E-state index is 0.0321. The van der Waals surface area contributed by atoms with Crippen LogP contribution in [0.15, 0.2) is 27.6 Å². The molecule has 1 aromatic rings. The van der Waals surface area contributed by atoms with Gasteiger partial charge in [-0.1, -0.05) is 0 Å². The summed E-state index contributed by atoms with van der Waals surface area (Å²) in [7, 11) is -1.97. The third-order valence-corrected chi connectivity index (χ3v) is 4.40. The van der Waals surface area contributed by atoms with Crippen LogP contribution in [0.25, 0.3) is 0 Å². The van der Waals surface area contributed by atoms with Gasteiger partial charge in [0.15, 0.2) is 0 Å². The second-order valence-electron chi connectivity index (χ2n) is 3.96. The molecule has 0 fully saturated rings. The van der Waals surface area contributed by atoms with E-state index in [1.807, 2.05) is 6.92 Å². The van der Waals surface area contributed by atoms with Gasteiger partial charge in [-0.05, 0) is 47.5 Å². The predicted molar refractivity (Wildman–Crippen MR) is 74.1 cm³/mol. The van der Waals surface area contributed by atoms with Crippen LogP contribution >= 0.6 is 15.9 Å².